The summed E-state index contributed by atoms with van der Waals surface area (Å²) < 4.78 is 1.00. The molecule has 116 valence electrons. The second-order valence-electron chi connectivity index (χ2n) is 4.52. The Morgan fingerprint density at radius 3 is 2.82 bits per heavy atom. The van der Waals surface area contributed by atoms with Gasteiger partial charge >= 0.3 is 5.97 Å². The van der Waals surface area contributed by atoms with Crippen molar-refractivity contribution < 1.29 is 14.7 Å². The molecular weight excluding hydrogens is 306 g/mol. The number of pyridine rings is 1. The number of aromatic nitrogens is 2. The molecule has 0 aliphatic heterocycles. The first-order valence-corrected chi connectivity index (χ1v) is 7.55. The summed E-state index contributed by atoms with van der Waals surface area (Å²) in [5.74, 6) is -1.61. The summed E-state index contributed by atoms with van der Waals surface area (Å²) in [5.41, 5.74) is -0.681. The summed E-state index contributed by atoms with van der Waals surface area (Å²) in [6, 6.07) is 2.89. The van der Waals surface area contributed by atoms with Gasteiger partial charge in [-0.05, 0) is 18.6 Å². The maximum atomic E-state index is 12.6. The summed E-state index contributed by atoms with van der Waals surface area (Å²) in [5, 5.41) is 11.1. The first kappa shape index (κ1) is 15.9. The van der Waals surface area contributed by atoms with E-state index >= 15 is 0 Å². The lowest BCUT2D eigenvalue weighted by Gasteiger charge is -2.19. The molecule has 22 heavy (non-hydrogen) atoms. The maximum Gasteiger partial charge on any atom is 0.323 e. The number of carboxylic acids is 1. The third-order valence-electron chi connectivity index (χ3n) is 2.90. The first-order chi connectivity index (χ1) is 10.5. The number of carbonyl (C=O) groups is 2. The molecule has 2 heterocycles. The molecule has 8 heteroatoms. The predicted molar refractivity (Wildman–Crippen MR) is 82.4 cm³/mol. The molecule has 0 atom stereocenters. The molecule has 0 unspecified atom stereocenters. The van der Waals surface area contributed by atoms with E-state index in [-0.39, 0.29) is 5.56 Å². The van der Waals surface area contributed by atoms with Crippen LogP contribution in [0.2, 0.25) is 0 Å². The van der Waals surface area contributed by atoms with Gasteiger partial charge in [0.15, 0.2) is 5.13 Å². The van der Waals surface area contributed by atoms with Crippen LogP contribution in [0, 0.1) is 0 Å². The lowest BCUT2D eigenvalue weighted by molar-refractivity contribution is -0.137. The molecule has 0 spiro atoms. The molecule has 0 bridgehead atoms. The van der Waals surface area contributed by atoms with Crippen LogP contribution in [0.5, 0.6) is 0 Å². The summed E-state index contributed by atoms with van der Waals surface area (Å²) in [4.78, 5) is 41.2. The average Bonchev–Trinajstić information content (AvgIpc) is 3.00. The number of hydrogen-bond acceptors (Lipinski definition) is 5. The van der Waals surface area contributed by atoms with Crippen LogP contribution in [0.15, 0.2) is 34.7 Å². The van der Waals surface area contributed by atoms with Gasteiger partial charge in [0.05, 0.1) is 0 Å². The van der Waals surface area contributed by atoms with Crippen molar-refractivity contribution in [3.05, 3.63) is 45.8 Å². The van der Waals surface area contributed by atoms with E-state index in [1.165, 1.54) is 34.6 Å². The van der Waals surface area contributed by atoms with Crippen molar-refractivity contribution in [3.8, 4) is 0 Å². The Balaban J connectivity index is 2.39. The molecule has 1 N–H and O–H groups in total. The Labute approximate surface area is 130 Å². The lowest BCUT2D eigenvalue weighted by atomic mass is 10.2. The van der Waals surface area contributed by atoms with E-state index in [2.05, 4.69) is 4.98 Å². The van der Waals surface area contributed by atoms with Gasteiger partial charge in [-0.25, -0.2) is 4.98 Å². The van der Waals surface area contributed by atoms with E-state index in [1.807, 2.05) is 6.92 Å². The highest BCUT2D eigenvalue weighted by atomic mass is 32.1. The molecule has 7 nitrogen and oxygen atoms in total. The Morgan fingerprint density at radius 2 is 2.23 bits per heavy atom. The van der Waals surface area contributed by atoms with Gasteiger partial charge in [0.1, 0.15) is 12.1 Å². The van der Waals surface area contributed by atoms with Crippen LogP contribution in [0.1, 0.15) is 23.7 Å². The number of carboxylic acid groups (broad SMARTS) is 1. The molecule has 1 amide bonds. The van der Waals surface area contributed by atoms with Crippen molar-refractivity contribution >= 4 is 28.3 Å². The minimum Gasteiger partial charge on any atom is -0.480 e. The van der Waals surface area contributed by atoms with Gasteiger partial charge in [-0.1, -0.05) is 6.92 Å². The molecule has 0 radical (unpaired) electrons. The standard InChI is InChI=1S/C14H15N3O4S/c1-2-6-17(14-15-5-8-22-14)13(21)10-4-3-7-16(12(10)20)9-11(18)19/h3-5,7-8H,2,6,9H2,1H3,(H,18,19). The molecule has 0 aromatic carbocycles. The predicted octanol–water partition coefficient (Wildman–Crippen LogP) is 1.45. The van der Waals surface area contributed by atoms with E-state index in [1.54, 1.807) is 11.6 Å². The van der Waals surface area contributed by atoms with Crippen molar-refractivity contribution in [2.45, 2.75) is 19.9 Å². The van der Waals surface area contributed by atoms with Crippen LogP contribution in [0.4, 0.5) is 5.13 Å². The number of anilines is 1. The summed E-state index contributed by atoms with van der Waals surface area (Å²) in [7, 11) is 0. The van der Waals surface area contributed by atoms with Crippen molar-refractivity contribution in [3.63, 3.8) is 0 Å². The number of amides is 1. The normalized spacial score (nSPS) is 10.4. The molecular formula is C14H15N3O4S. The third-order valence-corrected chi connectivity index (χ3v) is 3.69. The van der Waals surface area contributed by atoms with Crippen LogP contribution in [0.3, 0.4) is 0 Å². The number of hydrogen-bond donors (Lipinski definition) is 1. The SMILES string of the molecule is CCCN(C(=O)c1cccn(CC(=O)O)c1=O)c1nccs1. The minimum absolute atomic E-state index is 0.0626. The Morgan fingerprint density at radius 1 is 1.45 bits per heavy atom. The molecule has 0 fully saturated rings. The fourth-order valence-electron chi connectivity index (χ4n) is 1.97. The van der Waals surface area contributed by atoms with E-state index in [0.29, 0.717) is 18.1 Å². The fourth-order valence-corrected chi connectivity index (χ4v) is 2.64. The van der Waals surface area contributed by atoms with Crippen molar-refractivity contribution in [1.29, 1.82) is 0 Å². The lowest BCUT2D eigenvalue weighted by Crippen LogP contribution is -2.37. The number of aliphatic carboxylic acids is 1. The number of nitrogens with zero attached hydrogens (tertiary/aromatic N) is 3. The Kier molecular flexibility index (Phi) is 5.05. The topological polar surface area (TPSA) is 92.5 Å². The van der Waals surface area contributed by atoms with Gasteiger partial charge < -0.3 is 9.67 Å². The van der Waals surface area contributed by atoms with Gasteiger partial charge in [-0.2, -0.15) is 0 Å². The zero-order valence-electron chi connectivity index (χ0n) is 11.9. The van der Waals surface area contributed by atoms with Crippen LogP contribution >= 0.6 is 11.3 Å². The van der Waals surface area contributed by atoms with Crippen LogP contribution in [-0.2, 0) is 11.3 Å². The molecule has 0 saturated heterocycles. The second kappa shape index (κ2) is 6.99. The number of carbonyl (C=O) groups excluding carboxylic acids is 1. The Hall–Kier alpha value is -2.48. The van der Waals surface area contributed by atoms with Crippen LogP contribution in [0.25, 0.3) is 0 Å². The third kappa shape index (κ3) is 3.40. The van der Waals surface area contributed by atoms with E-state index in [4.69, 9.17) is 5.11 Å². The van der Waals surface area contributed by atoms with Crippen LogP contribution < -0.4 is 10.5 Å². The highest BCUT2D eigenvalue weighted by molar-refractivity contribution is 7.13. The monoisotopic (exact) mass is 321 g/mol. The molecule has 0 aliphatic carbocycles. The van der Waals surface area contributed by atoms with Gasteiger partial charge in [-0.3, -0.25) is 19.3 Å². The average molecular weight is 321 g/mol. The van der Waals surface area contributed by atoms with E-state index in [0.717, 1.165) is 4.57 Å². The maximum absolute atomic E-state index is 12.6. The minimum atomic E-state index is -1.14. The number of thiazole rings is 1. The molecule has 0 aliphatic rings. The summed E-state index contributed by atoms with van der Waals surface area (Å²) in [6.07, 6.45) is 3.64. The molecule has 0 saturated carbocycles. The summed E-state index contributed by atoms with van der Waals surface area (Å²) >= 11 is 1.31. The molecule has 2 aromatic heterocycles. The fraction of sp³-hybridized carbons (Fsp3) is 0.286. The summed E-state index contributed by atoms with van der Waals surface area (Å²) in [6.45, 7) is 1.87. The highest BCUT2D eigenvalue weighted by Gasteiger charge is 2.22. The van der Waals surface area contributed by atoms with E-state index in [9.17, 15) is 14.4 Å². The van der Waals surface area contributed by atoms with Crippen molar-refractivity contribution in [2.24, 2.45) is 0 Å². The zero-order chi connectivity index (χ0) is 16.1. The van der Waals surface area contributed by atoms with Crippen molar-refractivity contribution in [2.75, 3.05) is 11.4 Å². The smallest absolute Gasteiger partial charge is 0.323 e. The molecule has 2 aromatic rings. The highest BCUT2D eigenvalue weighted by Crippen LogP contribution is 2.19. The van der Waals surface area contributed by atoms with Gasteiger partial charge in [0.25, 0.3) is 11.5 Å². The Bertz CT molecular complexity index is 724. The van der Waals surface area contributed by atoms with Gasteiger partial charge in [-0.15, -0.1) is 11.3 Å². The van der Waals surface area contributed by atoms with Crippen molar-refractivity contribution in [1.82, 2.24) is 9.55 Å². The van der Waals surface area contributed by atoms with Gasteiger partial charge in [0.2, 0.25) is 0 Å². The second-order valence-corrected chi connectivity index (χ2v) is 5.39. The zero-order valence-corrected chi connectivity index (χ0v) is 12.7. The number of rotatable bonds is 6. The largest absolute Gasteiger partial charge is 0.480 e. The molecule has 2 rings (SSSR count). The van der Waals surface area contributed by atoms with Gasteiger partial charge in [0, 0.05) is 24.3 Å². The van der Waals surface area contributed by atoms with E-state index < -0.39 is 24.0 Å². The quantitative estimate of drug-likeness (QED) is 0.869. The first-order valence-electron chi connectivity index (χ1n) is 6.67. The van der Waals surface area contributed by atoms with Crippen LogP contribution in [-0.4, -0.2) is 33.1 Å².